The van der Waals surface area contributed by atoms with E-state index in [0.29, 0.717) is 6.04 Å². The van der Waals surface area contributed by atoms with Crippen molar-refractivity contribution in [2.45, 2.75) is 25.8 Å². The fourth-order valence-corrected chi connectivity index (χ4v) is 2.99. The SMILES string of the molecule is Cc1ccccc1C1NCC2CC1C2. The maximum atomic E-state index is 3.68. The van der Waals surface area contributed by atoms with Crippen molar-refractivity contribution >= 4 is 0 Å². The topological polar surface area (TPSA) is 12.0 Å². The third-order valence-electron chi connectivity index (χ3n) is 3.89. The van der Waals surface area contributed by atoms with Gasteiger partial charge in [0.1, 0.15) is 0 Å². The Labute approximate surface area is 85.5 Å². The van der Waals surface area contributed by atoms with Gasteiger partial charge in [-0.3, -0.25) is 0 Å². The van der Waals surface area contributed by atoms with Crippen molar-refractivity contribution in [3.8, 4) is 0 Å². The zero-order chi connectivity index (χ0) is 9.54. The average Bonchev–Trinajstić information content (AvgIpc) is 2.17. The predicted octanol–water partition coefficient (Wildman–Crippen LogP) is 2.67. The first-order valence-electron chi connectivity index (χ1n) is 5.63. The number of nitrogens with one attached hydrogen (secondary N) is 1. The minimum atomic E-state index is 0.640. The lowest BCUT2D eigenvalue weighted by Crippen LogP contribution is -2.48. The Morgan fingerprint density at radius 3 is 2.64 bits per heavy atom. The Morgan fingerprint density at radius 2 is 2.00 bits per heavy atom. The molecule has 1 atom stereocenters. The van der Waals surface area contributed by atoms with Gasteiger partial charge in [-0.2, -0.15) is 0 Å². The standard InChI is InChI=1S/C13H17N/c1-9-4-2-3-5-12(9)13-11-6-10(7-11)8-14-13/h2-5,10-11,13-14H,6-8H2,1H3. The molecule has 2 aliphatic heterocycles. The maximum absolute atomic E-state index is 3.68. The van der Waals surface area contributed by atoms with Gasteiger partial charge < -0.3 is 5.32 Å². The summed E-state index contributed by atoms with van der Waals surface area (Å²) in [5, 5.41) is 3.68. The van der Waals surface area contributed by atoms with Gasteiger partial charge in [-0.1, -0.05) is 24.3 Å². The van der Waals surface area contributed by atoms with Gasteiger partial charge in [0.25, 0.3) is 0 Å². The highest BCUT2D eigenvalue weighted by molar-refractivity contribution is 5.30. The number of benzene rings is 1. The molecule has 74 valence electrons. The fraction of sp³-hybridized carbons (Fsp3) is 0.538. The van der Waals surface area contributed by atoms with E-state index in [9.17, 15) is 0 Å². The summed E-state index contributed by atoms with van der Waals surface area (Å²) < 4.78 is 0. The Bertz CT molecular complexity index is 336. The Hall–Kier alpha value is -0.820. The molecule has 1 nitrogen and oxygen atoms in total. The Morgan fingerprint density at radius 1 is 1.21 bits per heavy atom. The highest BCUT2D eigenvalue weighted by Gasteiger charge is 2.40. The van der Waals surface area contributed by atoms with E-state index in [1.165, 1.54) is 30.5 Å². The Balaban J connectivity index is 1.90. The van der Waals surface area contributed by atoms with Gasteiger partial charge in [0, 0.05) is 6.04 Å². The van der Waals surface area contributed by atoms with Crippen molar-refractivity contribution < 1.29 is 0 Å². The van der Waals surface area contributed by atoms with E-state index < -0.39 is 0 Å². The Kier molecular flexibility index (Phi) is 1.88. The lowest BCUT2D eigenvalue weighted by Gasteiger charge is -2.47. The summed E-state index contributed by atoms with van der Waals surface area (Å²) in [6, 6.07) is 9.44. The van der Waals surface area contributed by atoms with Crippen LogP contribution in [0.2, 0.25) is 0 Å². The summed E-state index contributed by atoms with van der Waals surface area (Å²) in [5.74, 6) is 1.90. The minimum Gasteiger partial charge on any atom is -0.309 e. The van der Waals surface area contributed by atoms with Crippen LogP contribution in [-0.4, -0.2) is 6.54 Å². The molecule has 2 saturated heterocycles. The smallest absolute Gasteiger partial charge is 0.0351 e. The molecule has 2 heterocycles. The molecule has 4 rings (SSSR count). The molecule has 2 bridgehead atoms. The monoisotopic (exact) mass is 187 g/mol. The van der Waals surface area contributed by atoms with Crippen LogP contribution < -0.4 is 5.32 Å². The molecule has 14 heavy (non-hydrogen) atoms. The highest BCUT2D eigenvalue weighted by Crippen LogP contribution is 2.46. The van der Waals surface area contributed by atoms with Crippen LogP contribution in [0.5, 0.6) is 0 Å². The van der Waals surface area contributed by atoms with E-state index in [0.717, 1.165) is 11.8 Å². The van der Waals surface area contributed by atoms with Crippen LogP contribution in [0, 0.1) is 18.8 Å². The quantitative estimate of drug-likeness (QED) is 0.712. The second kappa shape index (κ2) is 3.09. The van der Waals surface area contributed by atoms with Gasteiger partial charge in [-0.15, -0.1) is 0 Å². The summed E-state index contributed by atoms with van der Waals surface area (Å²) in [6.07, 6.45) is 2.90. The molecular weight excluding hydrogens is 170 g/mol. The highest BCUT2D eigenvalue weighted by atomic mass is 15.0. The molecule has 0 amide bonds. The second-order valence-electron chi connectivity index (χ2n) is 4.84. The molecule has 0 aromatic heterocycles. The van der Waals surface area contributed by atoms with Crippen LogP contribution in [0.4, 0.5) is 0 Å². The fourth-order valence-electron chi connectivity index (χ4n) is 2.99. The minimum absolute atomic E-state index is 0.640. The predicted molar refractivity (Wildman–Crippen MR) is 58.1 cm³/mol. The third kappa shape index (κ3) is 1.19. The van der Waals surface area contributed by atoms with Crippen LogP contribution in [0.15, 0.2) is 24.3 Å². The van der Waals surface area contributed by atoms with Crippen molar-refractivity contribution in [3.05, 3.63) is 35.4 Å². The summed E-state index contributed by atoms with van der Waals surface area (Å²) >= 11 is 0. The molecule has 0 spiro atoms. The van der Waals surface area contributed by atoms with Crippen molar-refractivity contribution in [2.24, 2.45) is 11.8 Å². The molecule has 1 aromatic rings. The molecule has 3 aliphatic rings. The van der Waals surface area contributed by atoms with E-state index >= 15 is 0 Å². The van der Waals surface area contributed by atoms with Crippen molar-refractivity contribution in [2.75, 3.05) is 6.54 Å². The lowest BCUT2D eigenvalue weighted by atomic mass is 9.66. The average molecular weight is 187 g/mol. The first-order chi connectivity index (χ1) is 6.84. The van der Waals surface area contributed by atoms with Gasteiger partial charge in [0.2, 0.25) is 0 Å². The number of rotatable bonds is 1. The molecule has 1 aliphatic carbocycles. The van der Waals surface area contributed by atoms with Gasteiger partial charge >= 0.3 is 0 Å². The van der Waals surface area contributed by atoms with Crippen LogP contribution in [-0.2, 0) is 0 Å². The van der Waals surface area contributed by atoms with Crippen molar-refractivity contribution in [1.29, 1.82) is 0 Å². The van der Waals surface area contributed by atoms with E-state index in [-0.39, 0.29) is 0 Å². The van der Waals surface area contributed by atoms with Crippen LogP contribution in [0.1, 0.15) is 30.0 Å². The first-order valence-corrected chi connectivity index (χ1v) is 5.63. The summed E-state index contributed by atoms with van der Waals surface area (Å²) in [6.45, 7) is 3.46. The van der Waals surface area contributed by atoms with Crippen molar-refractivity contribution in [1.82, 2.24) is 5.32 Å². The van der Waals surface area contributed by atoms with E-state index in [2.05, 4.69) is 36.5 Å². The summed E-state index contributed by atoms with van der Waals surface area (Å²) in [4.78, 5) is 0. The van der Waals surface area contributed by atoms with Gasteiger partial charge in [-0.25, -0.2) is 0 Å². The van der Waals surface area contributed by atoms with E-state index in [1.807, 2.05) is 0 Å². The number of piperidine rings is 2. The molecular formula is C13H17N. The van der Waals surface area contributed by atoms with Crippen molar-refractivity contribution in [3.63, 3.8) is 0 Å². The summed E-state index contributed by atoms with van der Waals surface area (Å²) in [5.41, 5.74) is 2.96. The lowest BCUT2D eigenvalue weighted by molar-refractivity contribution is 0.0828. The number of hydrogen-bond acceptors (Lipinski definition) is 1. The first kappa shape index (κ1) is 8.49. The molecule has 1 saturated carbocycles. The zero-order valence-corrected chi connectivity index (χ0v) is 8.66. The molecule has 1 unspecified atom stereocenters. The number of hydrogen-bond donors (Lipinski definition) is 1. The molecule has 1 N–H and O–H groups in total. The normalized spacial score (nSPS) is 35.1. The van der Waals surface area contributed by atoms with E-state index in [4.69, 9.17) is 0 Å². The maximum Gasteiger partial charge on any atom is 0.0351 e. The zero-order valence-electron chi connectivity index (χ0n) is 8.66. The molecule has 1 aromatic carbocycles. The van der Waals surface area contributed by atoms with Gasteiger partial charge in [0.05, 0.1) is 0 Å². The van der Waals surface area contributed by atoms with Gasteiger partial charge in [0.15, 0.2) is 0 Å². The molecule has 3 fully saturated rings. The summed E-state index contributed by atoms with van der Waals surface area (Å²) in [7, 11) is 0. The molecule has 0 radical (unpaired) electrons. The largest absolute Gasteiger partial charge is 0.309 e. The third-order valence-corrected chi connectivity index (χ3v) is 3.89. The number of aryl methyl sites for hydroxylation is 1. The van der Waals surface area contributed by atoms with Crippen LogP contribution in [0.3, 0.4) is 0 Å². The van der Waals surface area contributed by atoms with Crippen LogP contribution >= 0.6 is 0 Å². The van der Waals surface area contributed by atoms with Gasteiger partial charge in [-0.05, 0) is 49.3 Å². The molecule has 1 heteroatoms. The van der Waals surface area contributed by atoms with Crippen LogP contribution in [0.25, 0.3) is 0 Å². The van der Waals surface area contributed by atoms with E-state index in [1.54, 1.807) is 0 Å². The second-order valence-corrected chi connectivity index (χ2v) is 4.84. The number of fused-ring (bicyclic) bond motifs is 2.